The summed E-state index contributed by atoms with van der Waals surface area (Å²) in [7, 11) is 1.63. The van der Waals surface area contributed by atoms with Crippen LogP contribution in [0.3, 0.4) is 0 Å². The minimum Gasteiger partial charge on any atom is -0.497 e. The molecule has 1 amide bonds. The Hall–Kier alpha value is -1.79. The molecule has 0 radical (unpaired) electrons. The standard InChI is InChI=1S/C20H33NO5/c1-7-24-18(25-8-2)13-14-21(19(22)26-20(3,4)5)15-16-9-11-17(23-6)12-10-16/h9-12,18H,7-8,13-15H2,1-6H3. The molecule has 0 bridgehead atoms. The van der Waals surface area contributed by atoms with E-state index in [-0.39, 0.29) is 12.4 Å². The molecule has 6 heteroatoms. The van der Waals surface area contributed by atoms with Gasteiger partial charge in [0, 0.05) is 32.7 Å². The molecule has 0 aliphatic heterocycles. The van der Waals surface area contributed by atoms with Crippen molar-refractivity contribution in [2.24, 2.45) is 0 Å². The summed E-state index contributed by atoms with van der Waals surface area (Å²) in [6.45, 7) is 11.5. The molecular formula is C20H33NO5. The highest BCUT2D eigenvalue weighted by atomic mass is 16.7. The molecule has 1 rings (SSSR count). The first kappa shape index (κ1) is 22.3. The summed E-state index contributed by atoms with van der Waals surface area (Å²) in [5.74, 6) is 0.783. The Balaban J connectivity index is 2.81. The summed E-state index contributed by atoms with van der Waals surface area (Å²) < 4.78 is 21.9. The van der Waals surface area contributed by atoms with Crippen LogP contribution in [0.2, 0.25) is 0 Å². The molecule has 0 aliphatic rings. The topological polar surface area (TPSA) is 57.2 Å². The normalized spacial score (nSPS) is 11.5. The van der Waals surface area contributed by atoms with E-state index < -0.39 is 5.60 Å². The van der Waals surface area contributed by atoms with Crippen molar-refractivity contribution < 1.29 is 23.7 Å². The predicted octanol–water partition coefficient (Wildman–Crippen LogP) is 4.22. The molecule has 26 heavy (non-hydrogen) atoms. The molecule has 0 saturated heterocycles. The van der Waals surface area contributed by atoms with Crippen molar-refractivity contribution in [1.82, 2.24) is 4.90 Å². The summed E-state index contributed by atoms with van der Waals surface area (Å²) in [4.78, 5) is 14.3. The number of rotatable bonds is 10. The first-order chi connectivity index (χ1) is 12.3. The van der Waals surface area contributed by atoms with Gasteiger partial charge in [0.25, 0.3) is 0 Å². The van der Waals surface area contributed by atoms with Crippen LogP contribution in [0.4, 0.5) is 4.79 Å². The number of hydrogen-bond acceptors (Lipinski definition) is 5. The summed E-state index contributed by atoms with van der Waals surface area (Å²) in [5.41, 5.74) is 0.454. The van der Waals surface area contributed by atoms with Crippen LogP contribution in [0, 0.1) is 0 Å². The van der Waals surface area contributed by atoms with Gasteiger partial charge in [-0.1, -0.05) is 12.1 Å². The summed E-state index contributed by atoms with van der Waals surface area (Å²) in [6.07, 6.45) is -0.0947. The first-order valence-corrected chi connectivity index (χ1v) is 9.13. The van der Waals surface area contributed by atoms with E-state index in [1.54, 1.807) is 12.0 Å². The lowest BCUT2D eigenvalue weighted by molar-refractivity contribution is -0.141. The molecule has 0 spiro atoms. The maximum atomic E-state index is 12.6. The molecule has 0 aliphatic carbocycles. The van der Waals surface area contributed by atoms with Crippen LogP contribution in [0.25, 0.3) is 0 Å². The molecule has 0 atom stereocenters. The van der Waals surface area contributed by atoms with Crippen LogP contribution in [0.15, 0.2) is 24.3 Å². The van der Waals surface area contributed by atoms with Crippen molar-refractivity contribution in [3.8, 4) is 5.75 Å². The molecule has 0 saturated carbocycles. The van der Waals surface area contributed by atoms with E-state index in [9.17, 15) is 4.79 Å². The van der Waals surface area contributed by atoms with Crippen LogP contribution in [-0.4, -0.2) is 49.8 Å². The smallest absolute Gasteiger partial charge is 0.410 e. The van der Waals surface area contributed by atoms with Crippen LogP contribution in [0.5, 0.6) is 5.75 Å². The van der Waals surface area contributed by atoms with Crippen molar-refractivity contribution in [3.63, 3.8) is 0 Å². The maximum Gasteiger partial charge on any atom is 0.410 e. The Morgan fingerprint density at radius 1 is 1.08 bits per heavy atom. The van der Waals surface area contributed by atoms with Crippen LogP contribution in [0.1, 0.15) is 46.6 Å². The SMILES string of the molecule is CCOC(CCN(Cc1ccc(OC)cc1)C(=O)OC(C)(C)C)OCC. The van der Waals surface area contributed by atoms with Crippen molar-refractivity contribution >= 4 is 6.09 Å². The lowest BCUT2D eigenvalue weighted by Gasteiger charge is -2.28. The van der Waals surface area contributed by atoms with E-state index in [4.69, 9.17) is 18.9 Å². The van der Waals surface area contributed by atoms with Crippen LogP contribution < -0.4 is 4.74 Å². The van der Waals surface area contributed by atoms with Gasteiger partial charge in [-0.2, -0.15) is 0 Å². The Labute approximate surface area is 157 Å². The zero-order valence-corrected chi connectivity index (χ0v) is 16.9. The lowest BCUT2D eigenvalue weighted by atomic mass is 10.2. The van der Waals surface area contributed by atoms with Crippen molar-refractivity contribution in [1.29, 1.82) is 0 Å². The quantitative estimate of drug-likeness (QED) is 0.580. The third-order valence-corrected chi connectivity index (χ3v) is 3.52. The average molecular weight is 367 g/mol. The second-order valence-corrected chi connectivity index (χ2v) is 6.88. The Morgan fingerprint density at radius 3 is 2.12 bits per heavy atom. The largest absolute Gasteiger partial charge is 0.497 e. The highest BCUT2D eigenvalue weighted by Crippen LogP contribution is 2.17. The zero-order valence-electron chi connectivity index (χ0n) is 16.9. The first-order valence-electron chi connectivity index (χ1n) is 9.13. The van der Waals surface area contributed by atoms with Crippen molar-refractivity contribution in [2.75, 3.05) is 26.9 Å². The molecule has 6 nitrogen and oxygen atoms in total. The fourth-order valence-electron chi connectivity index (χ4n) is 2.36. The number of carbonyl (C=O) groups is 1. The van der Waals surface area contributed by atoms with Gasteiger partial charge in [-0.15, -0.1) is 0 Å². The van der Waals surface area contributed by atoms with Gasteiger partial charge >= 0.3 is 6.09 Å². The minimum atomic E-state index is -0.547. The fourth-order valence-corrected chi connectivity index (χ4v) is 2.36. The number of hydrogen-bond donors (Lipinski definition) is 0. The number of amides is 1. The second-order valence-electron chi connectivity index (χ2n) is 6.88. The van der Waals surface area contributed by atoms with E-state index in [1.165, 1.54) is 0 Å². The molecule has 0 aromatic heterocycles. The van der Waals surface area contributed by atoms with Crippen LogP contribution >= 0.6 is 0 Å². The molecule has 1 aromatic rings. The summed E-state index contributed by atoms with van der Waals surface area (Å²) >= 11 is 0. The predicted molar refractivity (Wildman–Crippen MR) is 101 cm³/mol. The van der Waals surface area contributed by atoms with Gasteiger partial charge < -0.3 is 23.8 Å². The van der Waals surface area contributed by atoms with Gasteiger partial charge in [-0.25, -0.2) is 4.79 Å². The van der Waals surface area contributed by atoms with E-state index in [1.807, 2.05) is 58.9 Å². The van der Waals surface area contributed by atoms with Crippen LogP contribution in [-0.2, 0) is 20.8 Å². The Morgan fingerprint density at radius 2 is 1.65 bits per heavy atom. The van der Waals surface area contributed by atoms with Gasteiger partial charge in [-0.3, -0.25) is 0 Å². The van der Waals surface area contributed by atoms with Gasteiger partial charge in [0.05, 0.1) is 7.11 Å². The third kappa shape index (κ3) is 8.54. The summed E-state index contributed by atoms with van der Waals surface area (Å²) in [5, 5.41) is 0. The number of ether oxygens (including phenoxy) is 4. The van der Waals surface area contributed by atoms with Gasteiger partial charge in [0.2, 0.25) is 0 Å². The van der Waals surface area contributed by atoms with Gasteiger partial charge in [0.1, 0.15) is 11.4 Å². The molecule has 0 unspecified atom stereocenters. The van der Waals surface area contributed by atoms with E-state index in [0.717, 1.165) is 11.3 Å². The van der Waals surface area contributed by atoms with Gasteiger partial charge in [0.15, 0.2) is 6.29 Å². The fraction of sp³-hybridized carbons (Fsp3) is 0.650. The van der Waals surface area contributed by atoms with Crippen molar-refractivity contribution in [2.45, 2.75) is 59.5 Å². The van der Waals surface area contributed by atoms with E-state index in [0.29, 0.717) is 32.7 Å². The highest BCUT2D eigenvalue weighted by molar-refractivity contribution is 5.68. The molecule has 0 fully saturated rings. The Kier molecular flexibility index (Phi) is 9.44. The van der Waals surface area contributed by atoms with Gasteiger partial charge in [-0.05, 0) is 52.3 Å². The number of carbonyl (C=O) groups excluding carboxylic acids is 1. The number of benzene rings is 1. The lowest BCUT2D eigenvalue weighted by Crippen LogP contribution is -2.38. The van der Waals surface area contributed by atoms with E-state index >= 15 is 0 Å². The zero-order chi connectivity index (χ0) is 19.6. The number of methoxy groups -OCH3 is 1. The maximum absolute atomic E-state index is 12.6. The third-order valence-electron chi connectivity index (χ3n) is 3.52. The molecule has 0 heterocycles. The monoisotopic (exact) mass is 367 g/mol. The molecule has 148 valence electrons. The van der Waals surface area contributed by atoms with Crippen molar-refractivity contribution in [3.05, 3.63) is 29.8 Å². The minimum absolute atomic E-state index is 0.328. The average Bonchev–Trinajstić information content (AvgIpc) is 2.57. The van der Waals surface area contributed by atoms with E-state index in [2.05, 4.69) is 0 Å². The molecule has 1 aromatic carbocycles. The number of nitrogens with zero attached hydrogens (tertiary/aromatic N) is 1. The summed E-state index contributed by atoms with van der Waals surface area (Å²) in [6, 6.07) is 7.65. The highest BCUT2D eigenvalue weighted by Gasteiger charge is 2.23. The molecular weight excluding hydrogens is 334 g/mol. The molecule has 0 N–H and O–H groups in total. The Bertz CT molecular complexity index is 518. The second kappa shape index (κ2) is 11.0.